The fraction of sp³-hybridized carbons (Fsp3) is 0.562. The summed E-state index contributed by atoms with van der Waals surface area (Å²) in [5.41, 5.74) is 0.559. The number of alkyl carbamates (subject to hydrolysis) is 1. The third kappa shape index (κ3) is 8.92. The lowest BCUT2D eigenvalue weighted by Crippen LogP contribution is -2.42. The number of ether oxygens (including phenoxy) is 2. The molecule has 22 heavy (non-hydrogen) atoms. The van der Waals surface area contributed by atoms with E-state index in [0.717, 1.165) is 5.56 Å². The molecule has 0 spiro atoms. The maximum Gasteiger partial charge on any atom is 0.407 e. The van der Waals surface area contributed by atoms with Gasteiger partial charge in [0, 0.05) is 0 Å². The van der Waals surface area contributed by atoms with Crippen LogP contribution in [0.3, 0.4) is 0 Å². The van der Waals surface area contributed by atoms with Crippen LogP contribution in [0.25, 0.3) is 0 Å². The van der Waals surface area contributed by atoms with Gasteiger partial charge in [-0.2, -0.15) is 0 Å². The molecule has 1 rings (SSSR count). The molecule has 1 N–H and O–H groups in total. The summed E-state index contributed by atoms with van der Waals surface area (Å²) in [5, 5.41) is 2.79. The predicted molar refractivity (Wildman–Crippen MR) is 88.8 cm³/mol. The Bertz CT molecular complexity index is 434. The highest BCUT2D eigenvalue weighted by atomic mass is 32.1. The van der Waals surface area contributed by atoms with Crippen LogP contribution in [-0.2, 0) is 20.3 Å². The van der Waals surface area contributed by atoms with E-state index < -0.39 is 11.7 Å². The molecule has 6 heteroatoms. The van der Waals surface area contributed by atoms with E-state index in [1.165, 1.54) is 0 Å². The van der Waals surface area contributed by atoms with Crippen molar-refractivity contribution in [2.45, 2.75) is 45.4 Å². The van der Waals surface area contributed by atoms with Crippen LogP contribution in [0, 0.1) is 0 Å². The van der Waals surface area contributed by atoms with Crippen molar-refractivity contribution < 1.29 is 18.5 Å². The lowest BCUT2D eigenvalue weighted by molar-refractivity contribution is 0.0414. The lowest BCUT2D eigenvalue weighted by Gasteiger charge is -2.23. The van der Waals surface area contributed by atoms with Crippen molar-refractivity contribution in [3.8, 4) is 0 Å². The third-order valence-electron chi connectivity index (χ3n) is 2.71. The zero-order chi connectivity index (χ0) is 16.4. The molecule has 0 unspecified atom stereocenters. The van der Waals surface area contributed by atoms with E-state index in [2.05, 4.69) is 18.2 Å². The first-order chi connectivity index (χ1) is 10.4. The number of hydrogen-bond acceptors (Lipinski definition) is 5. The normalized spacial score (nSPS) is 12.7. The maximum absolute atomic E-state index is 11.8. The van der Waals surface area contributed by atoms with Crippen molar-refractivity contribution >= 4 is 19.0 Å². The summed E-state index contributed by atoms with van der Waals surface area (Å²) in [6.45, 7) is 6.76. The Balaban J connectivity index is 2.41. The van der Waals surface area contributed by atoms with Gasteiger partial charge in [0.1, 0.15) is 5.60 Å². The van der Waals surface area contributed by atoms with Gasteiger partial charge in [-0.15, -0.1) is 0 Å². The van der Waals surface area contributed by atoms with Gasteiger partial charge in [-0.3, -0.25) is 0 Å². The quantitative estimate of drug-likeness (QED) is 0.568. The molecule has 0 heterocycles. The molecule has 0 saturated heterocycles. The first-order valence-corrected chi connectivity index (χ1v) is 7.65. The van der Waals surface area contributed by atoms with Gasteiger partial charge in [-0.25, -0.2) is 4.79 Å². The number of hydrogen-bond donors (Lipinski definition) is 2. The SMILES string of the molecule is CC(C)(C)OC(=O)N[C@@H](CCOS)COCc1ccccc1. The number of thiol groups is 1. The number of carbonyl (C=O) groups is 1. The van der Waals surface area contributed by atoms with Gasteiger partial charge in [-0.05, 0) is 45.7 Å². The molecule has 1 aromatic carbocycles. The molecule has 1 atom stereocenters. The first kappa shape index (κ1) is 18.8. The van der Waals surface area contributed by atoms with Crippen LogP contribution in [0.5, 0.6) is 0 Å². The molecule has 0 bridgehead atoms. The molecule has 0 aliphatic heterocycles. The molecule has 1 aromatic rings. The minimum atomic E-state index is -0.528. The molecule has 0 fully saturated rings. The van der Waals surface area contributed by atoms with Gasteiger partial charge in [0.05, 0.1) is 25.9 Å². The van der Waals surface area contributed by atoms with Crippen molar-refractivity contribution in [3.05, 3.63) is 35.9 Å². The van der Waals surface area contributed by atoms with Crippen molar-refractivity contribution in [1.29, 1.82) is 0 Å². The molecule has 0 aliphatic rings. The van der Waals surface area contributed by atoms with E-state index in [4.69, 9.17) is 13.7 Å². The predicted octanol–water partition coefficient (Wildman–Crippen LogP) is 3.35. The summed E-state index contributed by atoms with van der Waals surface area (Å²) >= 11 is 3.72. The van der Waals surface area contributed by atoms with E-state index in [-0.39, 0.29) is 6.04 Å². The molecule has 0 radical (unpaired) electrons. The van der Waals surface area contributed by atoms with Gasteiger partial charge in [0.15, 0.2) is 0 Å². The number of benzene rings is 1. The molecule has 124 valence electrons. The molecule has 5 nitrogen and oxygen atoms in total. The molecule has 1 amide bonds. The van der Waals surface area contributed by atoms with Crippen LogP contribution < -0.4 is 5.32 Å². The summed E-state index contributed by atoms with van der Waals surface area (Å²) in [6, 6.07) is 9.68. The van der Waals surface area contributed by atoms with Gasteiger partial charge in [0.2, 0.25) is 0 Å². The average molecular weight is 327 g/mol. The zero-order valence-electron chi connectivity index (χ0n) is 13.4. The second-order valence-electron chi connectivity index (χ2n) is 5.97. The van der Waals surface area contributed by atoms with Crippen LogP contribution in [0.1, 0.15) is 32.8 Å². The van der Waals surface area contributed by atoms with E-state index in [1.807, 2.05) is 51.1 Å². The lowest BCUT2D eigenvalue weighted by atomic mass is 10.2. The number of rotatable bonds is 8. The highest BCUT2D eigenvalue weighted by Gasteiger charge is 2.19. The minimum Gasteiger partial charge on any atom is -0.444 e. The third-order valence-corrected chi connectivity index (χ3v) is 2.89. The molecule has 0 aliphatic carbocycles. The average Bonchev–Trinajstić information content (AvgIpc) is 2.43. The van der Waals surface area contributed by atoms with Gasteiger partial charge in [0.25, 0.3) is 0 Å². The highest BCUT2D eigenvalue weighted by Crippen LogP contribution is 2.08. The van der Waals surface area contributed by atoms with Crippen LogP contribution in [-0.4, -0.2) is 30.9 Å². The van der Waals surface area contributed by atoms with Crippen LogP contribution in [0.15, 0.2) is 30.3 Å². The molecular formula is C16H25NO4S. The van der Waals surface area contributed by atoms with E-state index in [1.54, 1.807) is 0 Å². The van der Waals surface area contributed by atoms with Crippen LogP contribution in [0.2, 0.25) is 0 Å². The highest BCUT2D eigenvalue weighted by molar-refractivity contribution is 7.75. The molecule has 0 saturated carbocycles. The minimum absolute atomic E-state index is 0.189. The van der Waals surface area contributed by atoms with E-state index in [0.29, 0.717) is 26.2 Å². The Kier molecular flexibility index (Phi) is 8.30. The van der Waals surface area contributed by atoms with Crippen LogP contribution >= 0.6 is 12.9 Å². The Labute approximate surface area is 137 Å². The Hall–Kier alpha value is -1.24. The van der Waals surface area contributed by atoms with Crippen molar-refractivity contribution in [1.82, 2.24) is 5.32 Å². The van der Waals surface area contributed by atoms with Crippen molar-refractivity contribution in [3.63, 3.8) is 0 Å². The Morgan fingerprint density at radius 1 is 1.27 bits per heavy atom. The summed E-state index contributed by atoms with van der Waals surface area (Å²) in [6.07, 6.45) is 0.136. The first-order valence-electron chi connectivity index (χ1n) is 7.28. The van der Waals surface area contributed by atoms with E-state index in [9.17, 15) is 4.79 Å². The molecule has 0 aromatic heterocycles. The van der Waals surface area contributed by atoms with Gasteiger partial charge < -0.3 is 19.0 Å². The smallest absolute Gasteiger partial charge is 0.407 e. The summed E-state index contributed by atoms with van der Waals surface area (Å²) < 4.78 is 15.7. The fourth-order valence-corrected chi connectivity index (χ4v) is 1.87. The fourth-order valence-electron chi connectivity index (χ4n) is 1.76. The molecular weight excluding hydrogens is 302 g/mol. The summed E-state index contributed by atoms with van der Waals surface area (Å²) in [7, 11) is 0. The van der Waals surface area contributed by atoms with Crippen molar-refractivity contribution in [2.75, 3.05) is 13.2 Å². The van der Waals surface area contributed by atoms with Crippen molar-refractivity contribution in [2.24, 2.45) is 0 Å². The van der Waals surface area contributed by atoms with E-state index >= 15 is 0 Å². The summed E-state index contributed by atoms with van der Waals surface area (Å²) in [4.78, 5) is 11.8. The Morgan fingerprint density at radius 2 is 1.95 bits per heavy atom. The van der Waals surface area contributed by atoms with Gasteiger partial charge >= 0.3 is 6.09 Å². The number of amides is 1. The van der Waals surface area contributed by atoms with Gasteiger partial charge in [-0.1, -0.05) is 30.3 Å². The van der Waals surface area contributed by atoms with Crippen LogP contribution in [0.4, 0.5) is 4.79 Å². The second kappa shape index (κ2) is 9.71. The largest absolute Gasteiger partial charge is 0.444 e. The Morgan fingerprint density at radius 3 is 2.55 bits per heavy atom. The standard InChI is InChI=1S/C16H25NO4S/c1-16(2,3)21-15(18)17-14(9-10-20-22)12-19-11-13-7-5-4-6-8-13/h4-8,14,22H,9-12H2,1-3H3,(H,17,18)/t14-/m0/s1. The topological polar surface area (TPSA) is 56.8 Å². The monoisotopic (exact) mass is 327 g/mol. The zero-order valence-corrected chi connectivity index (χ0v) is 14.3. The number of carbonyl (C=O) groups excluding carboxylic acids is 1. The second-order valence-corrected chi connectivity index (χ2v) is 6.22. The number of nitrogens with one attached hydrogen (secondary N) is 1. The summed E-state index contributed by atoms with van der Waals surface area (Å²) in [5.74, 6) is 0. The maximum atomic E-state index is 11.8.